The molecule has 3 rings (SSSR count). The van der Waals surface area contributed by atoms with Gasteiger partial charge in [0.1, 0.15) is 0 Å². The molecule has 2 aromatic carbocycles. The molecule has 1 aliphatic rings. The number of amides is 2. The van der Waals surface area contributed by atoms with Crippen LogP contribution in [0.15, 0.2) is 54.6 Å². The van der Waals surface area contributed by atoms with Crippen LogP contribution < -0.4 is 10.2 Å². The minimum atomic E-state index is -0.125. The van der Waals surface area contributed by atoms with Gasteiger partial charge in [-0.05, 0) is 42.7 Å². The molecule has 2 aromatic rings. The van der Waals surface area contributed by atoms with Gasteiger partial charge in [0, 0.05) is 31.3 Å². The predicted octanol–water partition coefficient (Wildman–Crippen LogP) is 3.45. The van der Waals surface area contributed by atoms with E-state index in [1.165, 1.54) is 5.56 Å². The molecule has 0 atom stereocenters. The van der Waals surface area contributed by atoms with Crippen LogP contribution in [0.3, 0.4) is 0 Å². The van der Waals surface area contributed by atoms with Gasteiger partial charge in [-0.3, -0.25) is 9.59 Å². The quantitative estimate of drug-likeness (QED) is 0.852. The molecule has 4 nitrogen and oxygen atoms in total. The summed E-state index contributed by atoms with van der Waals surface area (Å²) in [6.07, 6.45) is 4.91. The van der Waals surface area contributed by atoms with E-state index in [0.29, 0.717) is 13.0 Å². The summed E-state index contributed by atoms with van der Waals surface area (Å²) in [7, 11) is 0. The Kier molecular flexibility index (Phi) is 5.29. The van der Waals surface area contributed by atoms with Gasteiger partial charge in [-0.2, -0.15) is 0 Å². The Morgan fingerprint density at radius 3 is 2.68 bits per heavy atom. The van der Waals surface area contributed by atoms with Crippen LogP contribution >= 0.6 is 0 Å². The van der Waals surface area contributed by atoms with Gasteiger partial charge in [-0.15, -0.1) is 0 Å². The lowest BCUT2D eigenvalue weighted by molar-refractivity contribution is -0.117. The second kappa shape index (κ2) is 7.79. The summed E-state index contributed by atoms with van der Waals surface area (Å²) in [5.41, 5.74) is 4.11. The summed E-state index contributed by atoms with van der Waals surface area (Å²) >= 11 is 0. The molecule has 2 amide bonds. The smallest absolute Gasteiger partial charge is 0.244 e. The van der Waals surface area contributed by atoms with Crippen LogP contribution in [0.25, 0.3) is 6.08 Å². The van der Waals surface area contributed by atoms with Crippen LogP contribution in [0, 0.1) is 6.92 Å². The van der Waals surface area contributed by atoms with Crippen molar-refractivity contribution in [3.05, 3.63) is 71.3 Å². The van der Waals surface area contributed by atoms with Crippen LogP contribution in [0.1, 0.15) is 29.5 Å². The van der Waals surface area contributed by atoms with Crippen LogP contribution in [-0.2, 0) is 16.1 Å². The SMILES string of the molecule is Cc1cccc(/C=C/C(=O)NCc2ccc(N3CCCC3=O)cc2)c1. The molecule has 0 bridgehead atoms. The monoisotopic (exact) mass is 334 g/mol. The van der Waals surface area contributed by atoms with Crippen molar-refractivity contribution in [1.82, 2.24) is 5.32 Å². The Bertz CT molecular complexity index is 794. The molecule has 0 saturated carbocycles. The molecule has 0 radical (unpaired) electrons. The van der Waals surface area contributed by atoms with Crippen molar-refractivity contribution in [2.45, 2.75) is 26.3 Å². The molecular weight excluding hydrogens is 312 g/mol. The van der Waals surface area contributed by atoms with Crippen molar-refractivity contribution in [3.8, 4) is 0 Å². The first-order valence-corrected chi connectivity index (χ1v) is 8.54. The Morgan fingerprint density at radius 2 is 2.00 bits per heavy atom. The summed E-state index contributed by atoms with van der Waals surface area (Å²) in [5.74, 6) is 0.0580. The van der Waals surface area contributed by atoms with Gasteiger partial charge in [0.15, 0.2) is 0 Å². The van der Waals surface area contributed by atoms with E-state index in [2.05, 4.69) is 5.32 Å². The third-order valence-electron chi connectivity index (χ3n) is 4.26. The van der Waals surface area contributed by atoms with Gasteiger partial charge in [-0.25, -0.2) is 0 Å². The van der Waals surface area contributed by atoms with Crippen LogP contribution in [-0.4, -0.2) is 18.4 Å². The lowest BCUT2D eigenvalue weighted by Gasteiger charge is -2.15. The molecular formula is C21H22N2O2. The first kappa shape index (κ1) is 17.0. The highest BCUT2D eigenvalue weighted by molar-refractivity contribution is 5.95. The minimum absolute atomic E-state index is 0.125. The maximum atomic E-state index is 11.9. The number of rotatable bonds is 5. The molecule has 1 fully saturated rings. The number of benzene rings is 2. The van der Waals surface area contributed by atoms with E-state index in [-0.39, 0.29) is 11.8 Å². The van der Waals surface area contributed by atoms with E-state index < -0.39 is 0 Å². The lowest BCUT2D eigenvalue weighted by Crippen LogP contribution is -2.23. The maximum absolute atomic E-state index is 11.9. The van der Waals surface area contributed by atoms with Crippen molar-refractivity contribution >= 4 is 23.6 Å². The number of anilines is 1. The largest absolute Gasteiger partial charge is 0.348 e. The zero-order chi connectivity index (χ0) is 17.6. The van der Waals surface area contributed by atoms with Crippen molar-refractivity contribution in [1.29, 1.82) is 0 Å². The van der Waals surface area contributed by atoms with E-state index in [1.54, 1.807) is 6.08 Å². The fraction of sp³-hybridized carbons (Fsp3) is 0.238. The van der Waals surface area contributed by atoms with E-state index in [0.717, 1.165) is 29.8 Å². The van der Waals surface area contributed by atoms with Gasteiger partial charge in [-0.1, -0.05) is 42.0 Å². The normalized spacial score (nSPS) is 14.3. The second-order valence-electron chi connectivity index (χ2n) is 6.28. The third-order valence-corrected chi connectivity index (χ3v) is 4.26. The van der Waals surface area contributed by atoms with Gasteiger partial charge in [0.25, 0.3) is 0 Å². The van der Waals surface area contributed by atoms with Crippen molar-refractivity contribution < 1.29 is 9.59 Å². The fourth-order valence-electron chi connectivity index (χ4n) is 2.91. The van der Waals surface area contributed by atoms with Crippen molar-refractivity contribution in [2.24, 2.45) is 0 Å². The van der Waals surface area contributed by atoms with Gasteiger partial charge in [0.2, 0.25) is 11.8 Å². The van der Waals surface area contributed by atoms with Gasteiger partial charge >= 0.3 is 0 Å². The number of hydrogen-bond acceptors (Lipinski definition) is 2. The van der Waals surface area contributed by atoms with E-state index in [9.17, 15) is 9.59 Å². The third kappa shape index (κ3) is 4.57. The number of hydrogen-bond donors (Lipinski definition) is 1. The molecule has 4 heteroatoms. The molecule has 1 aliphatic heterocycles. The molecule has 1 saturated heterocycles. The summed E-state index contributed by atoms with van der Waals surface area (Å²) in [5, 5.41) is 2.88. The lowest BCUT2D eigenvalue weighted by atomic mass is 10.1. The van der Waals surface area contributed by atoms with Crippen molar-refractivity contribution in [3.63, 3.8) is 0 Å². The summed E-state index contributed by atoms with van der Waals surface area (Å²) in [6, 6.07) is 15.8. The zero-order valence-corrected chi connectivity index (χ0v) is 14.4. The molecule has 128 valence electrons. The van der Waals surface area contributed by atoms with E-state index >= 15 is 0 Å². The Balaban J connectivity index is 1.52. The van der Waals surface area contributed by atoms with Gasteiger partial charge in [0.05, 0.1) is 0 Å². The highest BCUT2D eigenvalue weighted by Crippen LogP contribution is 2.21. The summed E-state index contributed by atoms with van der Waals surface area (Å²) in [4.78, 5) is 25.5. The number of carbonyl (C=O) groups excluding carboxylic acids is 2. The Hall–Kier alpha value is -2.88. The number of aryl methyl sites for hydroxylation is 1. The first-order valence-electron chi connectivity index (χ1n) is 8.54. The van der Waals surface area contributed by atoms with Crippen LogP contribution in [0.4, 0.5) is 5.69 Å². The average Bonchev–Trinajstić information content (AvgIpc) is 3.05. The molecule has 25 heavy (non-hydrogen) atoms. The number of carbonyl (C=O) groups is 2. The number of nitrogens with one attached hydrogen (secondary N) is 1. The van der Waals surface area contributed by atoms with Crippen molar-refractivity contribution in [2.75, 3.05) is 11.4 Å². The number of nitrogens with zero attached hydrogens (tertiary/aromatic N) is 1. The van der Waals surface area contributed by atoms with Crippen LogP contribution in [0.2, 0.25) is 0 Å². The zero-order valence-electron chi connectivity index (χ0n) is 14.4. The molecule has 0 unspecified atom stereocenters. The highest BCUT2D eigenvalue weighted by atomic mass is 16.2. The second-order valence-corrected chi connectivity index (χ2v) is 6.28. The summed E-state index contributed by atoms with van der Waals surface area (Å²) in [6.45, 7) is 3.28. The summed E-state index contributed by atoms with van der Waals surface area (Å²) < 4.78 is 0. The predicted molar refractivity (Wildman–Crippen MR) is 100 cm³/mol. The van der Waals surface area contributed by atoms with Crippen LogP contribution in [0.5, 0.6) is 0 Å². The molecule has 0 aromatic heterocycles. The Morgan fingerprint density at radius 1 is 1.20 bits per heavy atom. The molecule has 1 heterocycles. The molecule has 0 aliphatic carbocycles. The molecule has 1 N–H and O–H groups in total. The minimum Gasteiger partial charge on any atom is -0.348 e. The van der Waals surface area contributed by atoms with E-state index in [1.807, 2.05) is 66.4 Å². The van der Waals surface area contributed by atoms with E-state index in [4.69, 9.17) is 0 Å². The fourth-order valence-corrected chi connectivity index (χ4v) is 2.91. The Labute approximate surface area is 148 Å². The first-order chi connectivity index (χ1) is 12.1. The standard InChI is InChI=1S/C21H22N2O2/c1-16-4-2-5-17(14-16)9-12-20(24)22-15-18-7-10-19(11-8-18)23-13-3-6-21(23)25/h2,4-5,7-12,14H,3,6,13,15H2,1H3,(H,22,24)/b12-9+. The topological polar surface area (TPSA) is 49.4 Å². The highest BCUT2D eigenvalue weighted by Gasteiger charge is 2.21. The maximum Gasteiger partial charge on any atom is 0.244 e. The molecule has 0 spiro atoms. The average molecular weight is 334 g/mol. The van der Waals surface area contributed by atoms with Gasteiger partial charge < -0.3 is 10.2 Å².